The molecule has 0 bridgehead atoms. The number of nitrogens with one attached hydrogen (secondary N) is 1. The fourth-order valence-electron chi connectivity index (χ4n) is 2.81. The van der Waals surface area contributed by atoms with Crippen molar-refractivity contribution in [3.63, 3.8) is 0 Å². The minimum absolute atomic E-state index is 0.607. The van der Waals surface area contributed by atoms with Crippen LogP contribution in [0.2, 0.25) is 0 Å². The molecular weight excluding hydrogens is 252 g/mol. The molecule has 2 rings (SSSR count). The third kappa shape index (κ3) is 3.60. The number of piperidine rings is 1. The molecule has 20 heavy (non-hydrogen) atoms. The van der Waals surface area contributed by atoms with Crippen LogP contribution in [0.4, 0.5) is 11.6 Å². The van der Waals surface area contributed by atoms with Crippen LogP contribution in [0.1, 0.15) is 31.7 Å². The summed E-state index contributed by atoms with van der Waals surface area (Å²) in [5, 5.41) is 3.38. The van der Waals surface area contributed by atoms with E-state index in [9.17, 15) is 0 Å². The van der Waals surface area contributed by atoms with E-state index in [0.717, 1.165) is 49.9 Å². The zero-order chi connectivity index (χ0) is 14.4. The number of methoxy groups -OCH3 is 1. The first-order valence-corrected chi connectivity index (χ1v) is 7.55. The largest absolute Gasteiger partial charge is 0.384 e. The van der Waals surface area contributed by atoms with E-state index in [4.69, 9.17) is 4.74 Å². The first-order valence-electron chi connectivity index (χ1n) is 7.55. The van der Waals surface area contributed by atoms with Gasteiger partial charge in [-0.25, -0.2) is 9.97 Å². The highest BCUT2D eigenvalue weighted by atomic mass is 16.5. The molecule has 0 saturated carbocycles. The normalized spacial score (nSPS) is 19.1. The van der Waals surface area contributed by atoms with E-state index in [1.54, 1.807) is 13.4 Å². The van der Waals surface area contributed by atoms with E-state index in [0.29, 0.717) is 5.92 Å². The van der Waals surface area contributed by atoms with E-state index < -0.39 is 0 Å². The quantitative estimate of drug-likeness (QED) is 0.866. The van der Waals surface area contributed by atoms with Crippen molar-refractivity contribution in [2.24, 2.45) is 5.92 Å². The van der Waals surface area contributed by atoms with Crippen molar-refractivity contribution in [2.45, 2.75) is 33.1 Å². The Morgan fingerprint density at radius 1 is 1.45 bits per heavy atom. The van der Waals surface area contributed by atoms with Gasteiger partial charge < -0.3 is 15.0 Å². The van der Waals surface area contributed by atoms with Crippen LogP contribution in [-0.4, -0.2) is 43.3 Å². The van der Waals surface area contributed by atoms with Crippen molar-refractivity contribution in [1.29, 1.82) is 0 Å². The molecule has 0 aliphatic carbocycles. The summed E-state index contributed by atoms with van der Waals surface area (Å²) in [6.07, 6.45) is 5.21. The summed E-state index contributed by atoms with van der Waals surface area (Å²) in [6.45, 7) is 8.15. The summed E-state index contributed by atoms with van der Waals surface area (Å²) in [4.78, 5) is 11.2. The van der Waals surface area contributed by atoms with Crippen molar-refractivity contribution < 1.29 is 4.74 Å². The SMILES string of the molecule is CCCNc1ncnc(N2CCCC(COC)C2)c1C. The monoisotopic (exact) mass is 278 g/mol. The zero-order valence-corrected chi connectivity index (χ0v) is 12.9. The minimum Gasteiger partial charge on any atom is -0.384 e. The van der Waals surface area contributed by atoms with Crippen molar-refractivity contribution >= 4 is 11.6 Å². The second-order valence-electron chi connectivity index (χ2n) is 5.51. The van der Waals surface area contributed by atoms with Gasteiger partial charge in [-0.1, -0.05) is 6.92 Å². The van der Waals surface area contributed by atoms with Gasteiger partial charge in [0.15, 0.2) is 0 Å². The molecule has 1 saturated heterocycles. The van der Waals surface area contributed by atoms with E-state index >= 15 is 0 Å². The van der Waals surface area contributed by atoms with Crippen molar-refractivity contribution in [3.05, 3.63) is 11.9 Å². The molecule has 1 aromatic rings. The van der Waals surface area contributed by atoms with Crippen LogP contribution in [-0.2, 0) is 4.74 Å². The minimum atomic E-state index is 0.607. The topological polar surface area (TPSA) is 50.3 Å². The highest BCUT2D eigenvalue weighted by Crippen LogP contribution is 2.27. The Balaban J connectivity index is 2.11. The van der Waals surface area contributed by atoms with Crippen LogP contribution in [0.5, 0.6) is 0 Å². The fraction of sp³-hybridized carbons (Fsp3) is 0.733. The van der Waals surface area contributed by atoms with Gasteiger partial charge in [0.2, 0.25) is 0 Å². The summed E-state index contributed by atoms with van der Waals surface area (Å²) in [6, 6.07) is 0. The molecule has 5 heteroatoms. The molecule has 0 amide bonds. The van der Waals surface area contributed by atoms with Gasteiger partial charge in [0.1, 0.15) is 18.0 Å². The predicted octanol–water partition coefficient (Wildman–Crippen LogP) is 2.47. The lowest BCUT2D eigenvalue weighted by molar-refractivity contribution is 0.143. The maximum atomic E-state index is 5.30. The van der Waals surface area contributed by atoms with Gasteiger partial charge >= 0.3 is 0 Å². The van der Waals surface area contributed by atoms with Crippen LogP contribution in [0.15, 0.2) is 6.33 Å². The summed E-state index contributed by atoms with van der Waals surface area (Å²) in [5.74, 6) is 2.64. The molecule has 1 N–H and O–H groups in total. The Morgan fingerprint density at radius 3 is 3.05 bits per heavy atom. The number of hydrogen-bond acceptors (Lipinski definition) is 5. The van der Waals surface area contributed by atoms with Gasteiger partial charge in [-0.15, -0.1) is 0 Å². The zero-order valence-electron chi connectivity index (χ0n) is 12.9. The number of anilines is 2. The van der Waals surface area contributed by atoms with Crippen LogP contribution >= 0.6 is 0 Å². The highest BCUT2D eigenvalue weighted by Gasteiger charge is 2.22. The first-order chi connectivity index (χ1) is 9.76. The average Bonchev–Trinajstić information content (AvgIpc) is 2.47. The molecule has 5 nitrogen and oxygen atoms in total. The van der Waals surface area contributed by atoms with Gasteiger partial charge in [-0.2, -0.15) is 0 Å². The maximum absolute atomic E-state index is 5.30. The van der Waals surface area contributed by atoms with E-state index in [2.05, 4.69) is 34.0 Å². The van der Waals surface area contributed by atoms with E-state index in [1.807, 2.05) is 0 Å². The molecule has 1 aliphatic heterocycles. The molecule has 1 unspecified atom stereocenters. The lowest BCUT2D eigenvalue weighted by Crippen LogP contribution is -2.38. The Morgan fingerprint density at radius 2 is 2.30 bits per heavy atom. The molecule has 0 spiro atoms. The van der Waals surface area contributed by atoms with Gasteiger partial charge in [0, 0.05) is 32.3 Å². The molecular formula is C15H26N4O. The molecule has 1 fully saturated rings. The Labute approximate surface area is 121 Å². The Bertz CT molecular complexity index is 422. The summed E-state index contributed by atoms with van der Waals surface area (Å²) < 4.78 is 5.30. The first kappa shape index (κ1) is 15.0. The summed E-state index contributed by atoms with van der Waals surface area (Å²) >= 11 is 0. The second kappa shape index (κ2) is 7.43. The number of ether oxygens (including phenoxy) is 1. The molecule has 0 aromatic carbocycles. The lowest BCUT2D eigenvalue weighted by atomic mass is 9.98. The molecule has 2 heterocycles. The molecule has 1 aromatic heterocycles. The molecule has 0 radical (unpaired) electrons. The third-order valence-corrected chi connectivity index (χ3v) is 3.82. The van der Waals surface area contributed by atoms with Crippen LogP contribution in [0, 0.1) is 12.8 Å². The lowest BCUT2D eigenvalue weighted by Gasteiger charge is -2.34. The molecule has 112 valence electrons. The van der Waals surface area contributed by atoms with Gasteiger partial charge in [0.05, 0.1) is 6.61 Å². The standard InChI is InChI=1S/C15H26N4O/c1-4-7-16-14-12(2)15(18-11-17-14)19-8-5-6-13(9-19)10-20-3/h11,13H,4-10H2,1-3H3,(H,16,17,18). The van der Waals surface area contributed by atoms with Gasteiger partial charge in [-0.3, -0.25) is 0 Å². The van der Waals surface area contributed by atoms with Crippen molar-refractivity contribution in [3.8, 4) is 0 Å². The number of nitrogens with zero attached hydrogens (tertiary/aromatic N) is 3. The number of aromatic nitrogens is 2. The Kier molecular flexibility index (Phi) is 5.59. The van der Waals surface area contributed by atoms with Gasteiger partial charge in [-0.05, 0) is 32.1 Å². The molecule has 1 aliphatic rings. The maximum Gasteiger partial charge on any atom is 0.137 e. The van der Waals surface area contributed by atoms with Crippen LogP contribution in [0.25, 0.3) is 0 Å². The smallest absolute Gasteiger partial charge is 0.137 e. The van der Waals surface area contributed by atoms with Crippen molar-refractivity contribution in [2.75, 3.05) is 43.6 Å². The third-order valence-electron chi connectivity index (χ3n) is 3.82. The van der Waals surface area contributed by atoms with Crippen molar-refractivity contribution in [1.82, 2.24) is 9.97 Å². The highest BCUT2D eigenvalue weighted by molar-refractivity contribution is 5.58. The number of hydrogen-bond donors (Lipinski definition) is 1. The number of rotatable bonds is 6. The predicted molar refractivity (Wildman–Crippen MR) is 82.4 cm³/mol. The Hall–Kier alpha value is -1.36. The average molecular weight is 278 g/mol. The molecule has 1 atom stereocenters. The van der Waals surface area contributed by atoms with Gasteiger partial charge in [0.25, 0.3) is 0 Å². The summed E-state index contributed by atoms with van der Waals surface area (Å²) in [5.41, 5.74) is 1.15. The van der Waals surface area contributed by atoms with E-state index in [1.165, 1.54) is 12.8 Å². The van der Waals surface area contributed by atoms with Crippen LogP contribution in [0.3, 0.4) is 0 Å². The second-order valence-corrected chi connectivity index (χ2v) is 5.51. The van der Waals surface area contributed by atoms with Crippen LogP contribution < -0.4 is 10.2 Å². The van der Waals surface area contributed by atoms with E-state index in [-0.39, 0.29) is 0 Å². The fourth-order valence-corrected chi connectivity index (χ4v) is 2.81. The summed E-state index contributed by atoms with van der Waals surface area (Å²) in [7, 11) is 1.78.